The van der Waals surface area contributed by atoms with Gasteiger partial charge >= 0.3 is 5.97 Å². The molecule has 6 heteroatoms. The van der Waals surface area contributed by atoms with Crippen LogP contribution in [-0.2, 0) is 14.2 Å². The summed E-state index contributed by atoms with van der Waals surface area (Å²) in [6.45, 7) is 4.46. The molecule has 3 N–H and O–H groups in total. The van der Waals surface area contributed by atoms with Gasteiger partial charge in [-0.1, -0.05) is 39.0 Å². The molecule has 0 aromatic heterocycles. The fraction of sp³-hybridized carbons (Fsp3) is 1.00. The average Bonchev–Trinajstić information content (AvgIpc) is 2.48. The third-order valence-corrected chi connectivity index (χ3v) is 3.68. The van der Waals surface area contributed by atoms with Crippen LogP contribution in [0, 0.1) is 0 Å². The van der Waals surface area contributed by atoms with E-state index in [4.69, 9.17) is 14.2 Å². The van der Waals surface area contributed by atoms with Gasteiger partial charge in [0.25, 0.3) is 0 Å². The Hall–Kier alpha value is -0.240. The molecule has 0 spiro atoms. The molecule has 1 rings (SSSR count). The Bertz CT molecular complexity index is 275. The predicted octanol–water partition coefficient (Wildman–Crippen LogP) is 1.17. The number of unbranched alkanes of at least 4 members (excludes halogenated alkanes) is 5. The molecule has 0 unspecified atom stereocenters. The third-order valence-electron chi connectivity index (χ3n) is 3.68. The largest absolute Gasteiger partial charge is 0.388 e. The van der Waals surface area contributed by atoms with Gasteiger partial charge in [0.1, 0.15) is 12.2 Å². The van der Waals surface area contributed by atoms with Crippen molar-refractivity contribution in [1.29, 1.82) is 0 Å². The molecule has 0 radical (unpaired) electrons. The van der Waals surface area contributed by atoms with Crippen molar-refractivity contribution in [3.63, 3.8) is 0 Å². The van der Waals surface area contributed by atoms with Crippen LogP contribution in [0.2, 0.25) is 0 Å². The normalized spacial score (nSPS) is 33.3. The van der Waals surface area contributed by atoms with Crippen molar-refractivity contribution in [2.45, 2.75) is 76.7 Å². The molecule has 0 bridgehead atoms. The maximum atomic E-state index is 10.1. The van der Waals surface area contributed by atoms with Crippen molar-refractivity contribution in [1.82, 2.24) is 0 Å². The lowest BCUT2D eigenvalue weighted by molar-refractivity contribution is -0.444. The minimum atomic E-state index is -1.67. The topological polar surface area (TPSA) is 88.4 Å². The van der Waals surface area contributed by atoms with E-state index in [1.807, 2.05) is 0 Å². The van der Waals surface area contributed by atoms with E-state index in [1.54, 1.807) is 6.92 Å². The van der Waals surface area contributed by atoms with Crippen LogP contribution in [-0.4, -0.2) is 59.4 Å². The van der Waals surface area contributed by atoms with Crippen molar-refractivity contribution in [2.24, 2.45) is 0 Å². The van der Waals surface area contributed by atoms with E-state index in [0.29, 0.717) is 6.61 Å². The van der Waals surface area contributed by atoms with Crippen molar-refractivity contribution < 1.29 is 29.5 Å². The van der Waals surface area contributed by atoms with Gasteiger partial charge in [0.2, 0.25) is 0 Å². The molecule has 126 valence electrons. The van der Waals surface area contributed by atoms with Gasteiger partial charge in [-0.2, -0.15) is 0 Å². The summed E-state index contributed by atoms with van der Waals surface area (Å²) in [6, 6.07) is 0. The van der Waals surface area contributed by atoms with Crippen LogP contribution in [0.4, 0.5) is 0 Å². The summed E-state index contributed by atoms with van der Waals surface area (Å²) in [5, 5.41) is 29.3. The third kappa shape index (κ3) is 5.47. The Morgan fingerprint density at radius 2 is 1.67 bits per heavy atom. The van der Waals surface area contributed by atoms with E-state index in [0.717, 1.165) is 19.3 Å². The Morgan fingerprint density at radius 1 is 1.00 bits per heavy atom. The van der Waals surface area contributed by atoms with Gasteiger partial charge in [0.15, 0.2) is 6.10 Å². The van der Waals surface area contributed by atoms with Crippen LogP contribution in [0.25, 0.3) is 0 Å². The molecule has 21 heavy (non-hydrogen) atoms. The second kappa shape index (κ2) is 9.71. The highest BCUT2D eigenvalue weighted by molar-refractivity contribution is 4.87. The van der Waals surface area contributed by atoms with Crippen LogP contribution < -0.4 is 0 Å². The number of hydrogen-bond donors (Lipinski definition) is 3. The lowest BCUT2D eigenvalue weighted by Crippen LogP contribution is -2.63. The highest BCUT2D eigenvalue weighted by atomic mass is 16.9. The van der Waals surface area contributed by atoms with Crippen molar-refractivity contribution >= 4 is 0 Å². The van der Waals surface area contributed by atoms with E-state index < -0.39 is 24.3 Å². The zero-order chi connectivity index (χ0) is 15.7. The Balaban J connectivity index is 2.38. The quantitative estimate of drug-likeness (QED) is 0.415. The summed E-state index contributed by atoms with van der Waals surface area (Å²) in [6.07, 6.45) is 2.82. The van der Waals surface area contributed by atoms with Gasteiger partial charge in [0, 0.05) is 6.61 Å². The number of aliphatic hydroxyl groups is 3. The SMILES string of the molecule is CCCCCCCCO[C@]1(OCC)OC[C@@H](O)[C@H](O)[C@H]1O. The first kappa shape index (κ1) is 18.8. The maximum Gasteiger partial charge on any atom is 0.313 e. The summed E-state index contributed by atoms with van der Waals surface area (Å²) < 4.78 is 16.3. The smallest absolute Gasteiger partial charge is 0.313 e. The Kier molecular flexibility index (Phi) is 8.70. The minimum Gasteiger partial charge on any atom is -0.388 e. The van der Waals surface area contributed by atoms with E-state index >= 15 is 0 Å². The van der Waals surface area contributed by atoms with E-state index in [9.17, 15) is 15.3 Å². The molecule has 0 aromatic rings. The molecule has 4 atom stereocenters. The monoisotopic (exact) mass is 306 g/mol. The van der Waals surface area contributed by atoms with Crippen molar-refractivity contribution in [2.75, 3.05) is 19.8 Å². The summed E-state index contributed by atoms with van der Waals surface area (Å²) in [7, 11) is 0. The van der Waals surface area contributed by atoms with Gasteiger partial charge in [-0.15, -0.1) is 0 Å². The summed E-state index contributed by atoms with van der Waals surface area (Å²) >= 11 is 0. The molecular formula is C15H30O6. The molecule has 0 aliphatic carbocycles. The van der Waals surface area contributed by atoms with Crippen LogP contribution in [0.15, 0.2) is 0 Å². The molecule has 6 nitrogen and oxygen atoms in total. The van der Waals surface area contributed by atoms with Gasteiger partial charge in [0.05, 0.1) is 13.2 Å². The van der Waals surface area contributed by atoms with E-state index in [-0.39, 0.29) is 13.2 Å². The summed E-state index contributed by atoms with van der Waals surface area (Å²) in [5.74, 6) is -1.67. The average molecular weight is 306 g/mol. The standard InChI is InChI=1S/C15H30O6/c1-3-5-6-7-8-9-10-20-15(19-4-2)14(18)13(17)12(16)11-21-15/h12-14,16-18H,3-11H2,1-2H3/t12-,13+,14-,15+/m1/s1. The molecule has 0 aromatic carbocycles. The van der Waals surface area contributed by atoms with Gasteiger partial charge in [-0.25, -0.2) is 0 Å². The lowest BCUT2D eigenvalue weighted by atomic mass is 10.0. The number of hydrogen-bond acceptors (Lipinski definition) is 6. The Labute approximate surface area is 127 Å². The summed E-state index contributed by atoms with van der Waals surface area (Å²) in [4.78, 5) is 0. The molecule has 1 aliphatic heterocycles. The molecule has 1 aliphatic rings. The van der Waals surface area contributed by atoms with Crippen molar-refractivity contribution in [3.8, 4) is 0 Å². The number of ether oxygens (including phenoxy) is 3. The highest BCUT2D eigenvalue weighted by Gasteiger charge is 2.52. The fourth-order valence-electron chi connectivity index (χ4n) is 2.40. The zero-order valence-corrected chi connectivity index (χ0v) is 13.2. The van der Waals surface area contributed by atoms with Crippen LogP contribution in [0.5, 0.6) is 0 Å². The zero-order valence-electron chi connectivity index (χ0n) is 13.2. The number of aliphatic hydroxyl groups excluding tert-OH is 3. The van der Waals surface area contributed by atoms with Crippen LogP contribution in [0.1, 0.15) is 52.4 Å². The first-order valence-electron chi connectivity index (χ1n) is 8.03. The lowest BCUT2D eigenvalue weighted by Gasteiger charge is -2.43. The molecule has 0 amide bonds. The van der Waals surface area contributed by atoms with Crippen LogP contribution >= 0.6 is 0 Å². The van der Waals surface area contributed by atoms with Gasteiger partial charge < -0.3 is 29.5 Å². The molecule has 1 fully saturated rings. The molecular weight excluding hydrogens is 276 g/mol. The summed E-state index contributed by atoms with van der Waals surface area (Å²) in [5.41, 5.74) is 0. The molecule has 1 saturated heterocycles. The van der Waals surface area contributed by atoms with Crippen LogP contribution in [0.3, 0.4) is 0 Å². The fourth-order valence-corrected chi connectivity index (χ4v) is 2.40. The maximum absolute atomic E-state index is 10.1. The van der Waals surface area contributed by atoms with Gasteiger partial charge in [-0.05, 0) is 13.3 Å². The van der Waals surface area contributed by atoms with E-state index in [1.165, 1.54) is 19.3 Å². The first-order chi connectivity index (χ1) is 10.1. The molecule has 0 saturated carbocycles. The number of rotatable bonds is 10. The predicted molar refractivity (Wildman–Crippen MR) is 77.7 cm³/mol. The van der Waals surface area contributed by atoms with E-state index in [2.05, 4.69) is 6.92 Å². The van der Waals surface area contributed by atoms with Gasteiger partial charge in [-0.3, -0.25) is 0 Å². The first-order valence-corrected chi connectivity index (χ1v) is 8.03. The highest BCUT2D eigenvalue weighted by Crippen LogP contribution is 2.29. The second-order valence-electron chi connectivity index (χ2n) is 5.47. The van der Waals surface area contributed by atoms with Crippen molar-refractivity contribution in [3.05, 3.63) is 0 Å². The molecule has 1 heterocycles. The Morgan fingerprint density at radius 3 is 2.33 bits per heavy atom. The second-order valence-corrected chi connectivity index (χ2v) is 5.47. The minimum absolute atomic E-state index is 0.130.